The van der Waals surface area contributed by atoms with Crippen molar-refractivity contribution in [3.63, 3.8) is 0 Å². The summed E-state index contributed by atoms with van der Waals surface area (Å²) in [7, 11) is 0. The van der Waals surface area contributed by atoms with Crippen LogP contribution in [0.5, 0.6) is 0 Å². The maximum atomic E-state index is 9.11. The third kappa shape index (κ3) is 13.6. The molecule has 0 aliphatic carbocycles. The molecule has 0 fully saturated rings. The van der Waals surface area contributed by atoms with Gasteiger partial charge in [0, 0.05) is 13.0 Å². The number of amidine groups is 1. The Morgan fingerprint density at radius 2 is 2.44 bits per heavy atom. The summed E-state index contributed by atoms with van der Waals surface area (Å²) in [4.78, 5) is 13.3. The SMILES string of the molecule is C=CCC1=NCCN1.CC(O)O[C-]=O.O.[Na+]. The Labute approximate surface area is 117 Å². The number of hydrogen-bond acceptors (Lipinski definition) is 5. The number of aliphatic imine (C=N–C) groups is 1. The van der Waals surface area contributed by atoms with Crippen LogP contribution in [0, 0.1) is 0 Å². The van der Waals surface area contributed by atoms with E-state index in [4.69, 9.17) is 9.90 Å². The molecule has 1 rings (SSSR count). The fraction of sp³-hybridized carbons (Fsp3) is 0.556. The Morgan fingerprint density at radius 1 is 1.81 bits per heavy atom. The van der Waals surface area contributed by atoms with Crippen molar-refractivity contribution in [2.45, 2.75) is 19.6 Å². The quantitative estimate of drug-likeness (QED) is 0.227. The summed E-state index contributed by atoms with van der Waals surface area (Å²) < 4.78 is 3.79. The second kappa shape index (κ2) is 14.6. The van der Waals surface area contributed by atoms with E-state index < -0.39 is 6.29 Å². The number of hydrogen-bond donors (Lipinski definition) is 2. The molecule has 0 spiro atoms. The molecule has 1 aliphatic rings. The normalized spacial score (nSPS) is 13.5. The van der Waals surface area contributed by atoms with E-state index in [9.17, 15) is 0 Å². The van der Waals surface area contributed by atoms with Crippen molar-refractivity contribution in [2.24, 2.45) is 4.99 Å². The molecule has 7 heteroatoms. The predicted molar refractivity (Wildman–Crippen MR) is 57.2 cm³/mol. The van der Waals surface area contributed by atoms with Crippen LogP contribution >= 0.6 is 0 Å². The van der Waals surface area contributed by atoms with Gasteiger partial charge in [0.15, 0.2) is 6.29 Å². The molecule has 1 unspecified atom stereocenters. The number of ether oxygens (including phenoxy) is 1. The van der Waals surface area contributed by atoms with Crippen LogP contribution in [0.4, 0.5) is 0 Å². The molecule has 1 atom stereocenters. The average Bonchev–Trinajstić information content (AvgIpc) is 2.58. The average molecular weight is 240 g/mol. The van der Waals surface area contributed by atoms with Crippen molar-refractivity contribution in [1.29, 1.82) is 0 Å². The molecule has 0 amide bonds. The monoisotopic (exact) mass is 240 g/mol. The van der Waals surface area contributed by atoms with Crippen LogP contribution in [0.25, 0.3) is 0 Å². The van der Waals surface area contributed by atoms with Crippen LogP contribution in [0.1, 0.15) is 13.3 Å². The fourth-order valence-electron chi connectivity index (χ4n) is 0.790. The maximum absolute atomic E-state index is 9.11. The van der Waals surface area contributed by atoms with E-state index >= 15 is 0 Å². The molecule has 0 bridgehead atoms. The van der Waals surface area contributed by atoms with Gasteiger partial charge < -0.3 is 25.4 Å². The molecule has 0 saturated carbocycles. The minimum absolute atomic E-state index is 0. The van der Waals surface area contributed by atoms with Gasteiger partial charge in [0.2, 0.25) is 0 Å². The van der Waals surface area contributed by atoms with Crippen molar-refractivity contribution in [3.8, 4) is 0 Å². The van der Waals surface area contributed by atoms with Gasteiger partial charge >= 0.3 is 29.6 Å². The molecular formula is C9H17N2NaO4. The number of aliphatic hydroxyl groups excluding tert-OH is 1. The molecular weight excluding hydrogens is 223 g/mol. The summed E-state index contributed by atoms with van der Waals surface area (Å²) >= 11 is 0. The van der Waals surface area contributed by atoms with E-state index in [0.717, 1.165) is 31.8 Å². The van der Waals surface area contributed by atoms with E-state index in [2.05, 4.69) is 21.6 Å². The predicted octanol–water partition coefficient (Wildman–Crippen LogP) is -3.85. The third-order valence-electron chi connectivity index (χ3n) is 1.30. The molecule has 4 N–H and O–H groups in total. The zero-order chi connectivity index (χ0) is 10.8. The minimum atomic E-state index is -1.03. The van der Waals surface area contributed by atoms with Crippen LogP contribution in [0.3, 0.4) is 0 Å². The van der Waals surface area contributed by atoms with Crippen molar-refractivity contribution in [2.75, 3.05) is 13.1 Å². The third-order valence-corrected chi connectivity index (χ3v) is 1.30. The molecule has 0 radical (unpaired) electrons. The first-order chi connectivity index (χ1) is 6.70. The van der Waals surface area contributed by atoms with Crippen molar-refractivity contribution >= 4 is 12.3 Å². The Bertz CT molecular complexity index is 210. The summed E-state index contributed by atoms with van der Waals surface area (Å²) in [5.74, 6) is 1.08. The standard InChI is InChI=1S/C6H10N2.C3H5O3.Na.H2O/c1-2-3-6-7-4-5-8-6;1-3(5)6-2-4;;/h2H,1,3-5H2,(H,7,8);3,5H,1H3;;1H2/q;-1;+1;. The molecule has 1 aliphatic heterocycles. The van der Waals surface area contributed by atoms with Crippen molar-refractivity contribution in [3.05, 3.63) is 12.7 Å². The largest absolute Gasteiger partial charge is 1.00 e. The van der Waals surface area contributed by atoms with E-state index in [1.165, 1.54) is 6.92 Å². The van der Waals surface area contributed by atoms with Gasteiger partial charge in [0.1, 0.15) is 5.84 Å². The first-order valence-corrected chi connectivity index (χ1v) is 4.29. The van der Waals surface area contributed by atoms with Crippen LogP contribution < -0.4 is 34.9 Å². The number of aliphatic hydroxyl groups is 1. The van der Waals surface area contributed by atoms with Crippen molar-refractivity contribution < 1.29 is 49.7 Å². The Morgan fingerprint density at radius 3 is 2.69 bits per heavy atom. The van der Waals surface area contributed by atoms with Gasteiger partial charge in [-0.05, 0) is 6.92 Å². The Hall–Kier alpha value is -0.400. The Balaban J connectivity index is -0.000000195. The molecule has 0 aromatic rings. The molecule has 6 nitrogen and oxygen atoms in total. The molecule has 1 heterocycles. The summed E-state index contributed by atoms with van der Waals surface area (Å²) in [6.45, 7) is 7.93. The number of nitrogens with zero attached hydrogens (tertiary/aromatic N) is 1. The van der Waals surface area contributed by atoms with Crippen LogP contribution in [0.15, 0.2) is 17.6 Å². The van der Waals surface area contributed by atoms with E-state index in [1.54, 1.807) is 0 Å². The van der Waals surface area contributed by atoms with Crippen LogP contribution in [-0.4, -0.2) is 42.3 Å². The van der Waals surface area contributed by atoms with Gasteiger partial charge in [-0.3, -0.25) is 4.99 Å². The van der Waals surface area contributed by atoms with Gasteiger partial charge in [-0.15, -0.1) is 6.58 Å². The summed E-state index contributed by atoms with van der Waals surface area (Å²) in [6.07, 6.45) is 1.72. The number of carbonyl (C=O) groups excluding carboxylic acids is 1. The maximum Gasteiger partial charge on any atom is 1.00 e. The Kier molecular flexibility index (Phi) is 19.1. The van der Waals surface area contributed by atoms with Gasteiger partial charge in [-0.2, -0.15) is 0 Å². The molecule has 0 aromatic carbocycles. The van der Waals surface area contributed by atoms with Gasteiger partial charge in [-0.1, -0.05) is 12.5 Å². The zero-order valence-electron chi connectivity index (χ0n) is 9.69. The second-order valence-corrected chi connectivity index (χ2v) is 2.55. The molecule has 16 heavy (non-hydrogen) atoms. The minimum Gasteiger partial charge on any atom is -0.632 e. The van der Waals surface area contributed by atoms with Crippen molar-refractivity contribution in [1.82, 2.24) is 5.32 Å². The molecule has 0 aromatic heterocycles. The van der Waals surface area contributed by atoms with Gasteiger partial charge in [0.25, 0.3) is 0 Å². The topological polar surface area (TPSA) is 102 Å². The van der Waals surface area contributed by atoms with Gasteiger partial charge in [-0.25, -0.2) is 0 Å². The number of rotatable bonds is 4. The first-order valence-electron chi connectivity index (χ1n) is 4.29. The summed E-state index contributed by atoms with van der Waals surface area (Å²) in [6, 6.07) is 0. The first kappa shape index (κ1) is 20.9. The molecule has 0 saturated heterocycles. The second-order valence-electron chi connectivity index (χ2n) is 2.55. The van der Waals surface area contributed by atoms with E-state index in [1.807, 2.05) is 6.08 Å². The smallest absolute Gasteiger partial charge is 0.632 e. The van der Waals surface area contributed by atoms with E-state index in [0.29, 0.717) is 0 Å². The van der Waals surface area contributed by atoms with Crippen LogP contribution in [0.2, 0.25) is 0 Å². The summed E-state index contributed by atoms with van der Waals surface area (Å²) in [5, 5.41) is 11.2. The van der Waals surface area contributed by atoms with Gasteiger partial charge in [0.05, 0.1) is 6.54 Å². The molecule has 88 valence electrons. The number of nitrogens with one attached hydrogen (secondary N) is 1. The summed E-state index contributed by atoms with van der Waals surface area (Å²) in [5.41, 5.74) is 0. The fourth-order valence-corrected chi connectivity index (χ4v) is 0.790. The van der Waals surface area contributed by atoms with E-state index in [-0.39, 0.29) is 35.0 Å². The zero-order valence-corrected chi connectivity index (χ0v) is 11.7. The van der Waals surface area contributed by atoms with Crippen LogP contribution in [-0.2, 0) is 9.53 Å².